The van der Waals surface area contributed by atoms with E-state index in [1.807, 2.05) is 0 Å². The number of aliphatic carboxylic acids is 1. The normalized spacial score (nSPS) is 11.8. The number of carboxylic acid groups (broad SMARTS) is 1. The van der Waals surface area contributed by atoms with Crippen molar-refractivity contribution in [2.24, 2.45) is 0 Å². The molecule has 0 heterocycles. The van der Waals surface area contributed by atoms with Crippen molar-refractivity contribution in [1.29, 1.82) is 0 Å². The minimum atomic E-state index is -1.10. The molecule has 0 unspecified atom stereocenters. The lowest BCUT2D eigenvalue weighted by molar-refractivity contribution is -0.139. The fraction of sp³-hybridized carbons (Fsp3) is 0.273. The van der Waals surface area contributed by atoms with Crippen LogP contribution in [0.3, 0.4) is 0 Å². The number of aliphatic hydroxyl groups excluding tert-OH is 1. The lowest BCUT2D eigenvalue weighted by Crippen LogP contribution is -2.33. The average molecular weight is 223 g/mol. The molecule has 0 saturated carbocycles. The molecule has 86 valence electrons. The maximum Gasteiger partial charge on any atom is 0.306 e. The molecule has 0 saturated heterocycles. The first-order valence-corrected chi connectivity index (χ1v) is 4.82. The van der Waals surface area contributed by atoms with E-state index in [2.05, 4.69) is 5.32 Å². The number of aliphatic hydroxyl groups is 1. The van der Waals surface area contributed by atoms with Crippen molar-refractivity contribution in [2.75, 3.05) is 6.54 Å². The topological polar surface area (TPSA) is 86.6 Å². The van der Waals surface area contributed by atoms with Crippen LogP contribution in [-0.2, 0) is 4.79 Å². The molecule has 0 fully saturated rings. The molecule has 1 aromatic carbocycles. The Morgan fingerprint density at radius 1 is 1.25 bits per heavy atom. The summed E-state index contributed by atoms with van der Waals surface area (Å²) >= 11 is 0. The monoisotopic (exact) mass is 223 g/mol. The van der Waals surface area contributed by atoms with E-state index in [-0.39, 0.29) is 18.9 Å². The van der Waals surface area contributed by atoms with Crippen LogP contribution in [0.1, 0.15) is 16.8 Å². The summed E-state index contributed by atoms with van der Waals surface area (Å²) in [7, 11) is 0. The molecular formula is C11H13NO4. The van der Waals surface area contributed by atoms with Gasteiger partial charge in [-0.2, -0.15) is 0 Å². The van der Waals surface area contributed by atoms with Gasteiger partial charge in [-0.15, -0.1) is 0 Å². The zero-order chi connectivity index (χ0) is 12.0. The number of amides is 1. The van der Waals surface area contributed by atoms with Crippen LogP contribution in [-0.4, -0.2) is 34.7 Å². The summed E-state index contributed by atoms with van der Waals surface area (Å²) in [4.78, 5) is 21.7. The smallest absolute Gasteiger partial charge is 0.306 e. The van der Waals surface area contributed by atoms with E-state index >= 15 is 0 Å². The number of benzene rings is 1. The molecule has 16 heavy (non-hydrogen) atoms. The van der Waals surface area contributed by atoms with E-state index in [0.717, 1.165) is 0 Å². The van der Waals surface area contributed by atoms with Gasteiger partial charge in [0.1, 0.15) is 0 Å². The first-order valence-electron chi connectivity index (χ1n) is 4.82. The second kappa shape index (κ2) is 5.87. The summed E-state index contributed by atoms with van der Waals surface area (Å²) in [6.45, 7) is -0.0694. The van der Waals surface area contributed by atoms with Gasteiger partial charge in [0.15, 0.2) is 0 Å². The summed E-state index contributed by atoms with van der Waals surface area (Å²) in [6.07, 6.45) is -1.44. The van der Waals surface area contributed by atoms with Crippen LogP contribution in [0.4, 0.5) is 0 Å². The van der Waals surface area contributed by atoms with Gasteiger partial charge in [-0.1, -0.05) is 18.2 Å². The van der Waals surface area contributed by atoms with Crippen LogP contribution in [0.5, 0.6) is 0 Å². The molecular weight excluding hydrogens is 210 g/mol. The maximum absolute atomic E-state index is 11.5. The Kier molecular flexibility index (Phi) is 4.47. The predicted molar refractivity (Wildman–Crippen MR) is 57.0 cm³/mol. The fourth-order valence-corrected chi connectivity index (χ4v) is 1.18. The summed E-state index contributed by atoms with van der Waals surface area (Å²) in [5.41, 5.74) is 0.477. The summed E-state index contributed by atoms with van der Waals surface area (Å²) < 4.78 is 0. The third-order valence-corrected chi connectivity index (χ3v) is 1.94. The summed E-state index contributed by atoms with van der Waals surface area (Å²) in [5.74, 6) is -1.42. The highest BCUT2D eigenvalue weighted by Gasteiger charge is 2.11. The lowest BCUT2D eigenvalue weighted by Gasteiger charge is -2.09. The van der Waals surface area contributed by atoms with E-state index in [4.69, 9.17) is 5.11 Å². The first-order chi connectivity index (χ1) is 7.59. The number of hydrogen-bond donors (Lipinski definition) is 3. The van der Waals surface area contributed by atoms with Gasteiger partial charge < -0.3 is 15.5 Å². The van der Waals surface area contributed by atoms with E-state index in [1.54, 1.807) is 30.3 Å². The van der Waals surface area contributed by atoms with Gasteiger partial charge in [0.05, 0.1) is 12.5 Å². The molecule has 3 N–H and O–H groups in total. The molecule has 0 spiro atoms. The number of nitrogens with one attached hydrogen (secondary N) is 1. The van der Waals surface area contributed by atoms with Crippen molar-refractivity contribution in [1.82, 2.24) is 5.32 Å². The van der Waals surface area contributed by atoms with E-state index in [9.17, 15) is 14.7 Å². The molecule has 5 nitrogen and oxygen atoms in total. The Morgan fingerprint density at radius 2 is 1.88 bits per heavy atom. The van der Waals surface area contributed by atoms with Crippen LogP contribution in [0.15, 0.2) is 30.3 Å². The summed E-state index contributed by atoms with van der Waals surface area (Å²) in [5, 5.41) is 20.1. The van der Waals surface area contributed by atoms with Gasteiger partial charge in [-0.05, 0) is 12.1 Å². The number of rotatable bonds is 5. The van der Waals surface area contributed by atoms with Gasteiger partial charge in [0, 0.05) is 12.1 Å². The Morgan fingerprint density at radius 3 is 2.44 bits per heavy atom. The van der Waals surface area contributed by atoms with Crippen molar-refractivity contribution < 1.29 is 19.8 Å². The van der Waals surface area contributed by atoms with E-state index in [0.29, 0.717) is 5.56 Å². The minimum absolute atomic E-state index is 0.0694. The highest BCUT2D eigenvalue weighted by molar-refractivity contribution is 5.94. The second-order valence-corrected chi connectivity index (χ2v) is 3.33. The standard InChI is InChI=1S/C11H13NO4/c13-9(6-10(14)15)7-12-11(16)8-4-2-1-3-5-8/h1-5,9,13H,6-7H2,(H,12,16)(H,14,15)/t9-/m0/s1. The van der Waals surface area contributed by atoms with Crippen LogP contribution in [0.2, 0.25) is 0 Å². The fourth-order valence-electron chi connectivity index (χ4n) is 1.18. The van der Waals surface area contributed by atoms with E-state index < -0.39 is 12.1 Å². The molecule has 0 aliphatic rings. The second-order valence-electron chi connectivity index (χ2n) is 3.33. The molecule has 1 rings (SSSR count). The zero-order valence-corrected chi connectivity index (χ0v) is 8.59. The third-order valence-electron chi connectivity index (χ3n) is 1.94. The highest BCUT2D eigenvalue weighted by atomic mass is 16.4. The van der Waals surface area contributed by atoms with Crippen molar-refractivity contribution in [3.63, 3.8) is 0 Å². The average Bonchev–Trinajstić information content (AvgIpc) is 2.26. The van der Waals surface area contributed by atoms with Crippen molar-refractivity contribution in [2.45, 2.75) is 12.5 Å². The molecule has 0 bridgehead atoms. The van der Waals surface area contributed by atoms with Gasteiger partial charge in [0.2, 0.25) is 0 Å². The number of carbonyl (C=O) groups is 2. The van der Waals surface area contributed by atoms with Crippen LogP contribution < -0.4 is 5.32 Å². The molecule has 0 aliphatic carbocycles. The number of carboxylic acids is 1. The zero-order valence-electron chi connectivity index (χ0n) is 8.59. The number of hydrogen-bond acceptors (Lipinski definition) is 3. The molecule has 1 amide bonds. The lowest BCUT2D eigenvalue weighted by atomic mass is 10.2. The number of carbonyl (C=O) groups excluding carboxylic acids is 1. The largest absolute Gasteiger partial charge is 0.481 e. The van der Waals surface area contributed by atoms with Crippen molar-refractivity contribution >= 4 is 11.9 Å². The quantitative estimate of drug-likeness (QED) is 0.668. The van der Waals surface area contributed by atoms with E-state index in [1.165, 1.54) is 0 Å². The molecule has 1 aromatic rings. The van der Waals surface area contributed by atoms with Crippen LogP contribution in [0, 0.1) is 0 Å². The Labute approximate surface area is 92.7 Å². The van der Waals surface area contributed by atoms with Crippen LogP contribution >= 0.6 is 0 Å². The Balaban J connectivity index is 2.39. The van der Waals surface area contributed by atoms with Gasteiger partial charge in [-0.25, -0.2) is 0 Å². The first kappa shape index (κ1) is 12.2. The SMILES string of the molecule is O=C(O)C[C@H](O)CNC(=O)c1ccccc1. The van der Waals surface area contributed by atoms with Gasteiger partial charge in [-0.3, -0.25) is 9.59 Å². The van der Waals surface area contributed by atoms with Gasteiger partial charge in [0.25, 0.3) is 5.91 Å². The van der Waals surface area contributed by atoms with Crippen molar-refractivity contribution in [3.8, 4) is 0 Å². The summed E-state index contributed by atoms with van der Waals surface area (Å²) in [6, 6.07) is 8.51. The molecule has 0 aliphatic heterocycles. The Hall–Kier alpha value is -1.88. The maximum atomic E-state index is 11.5. The molecule has 0 radical (unpaired) electrons. The molecule has 0 aromatic heterocycles. The van der Waals surface area contributed by atoms with Crippen molar-refractivity contribution in [3.05, 3.63) is 35.9 Å². The molecule has 5 heteroatoms. The Bertz CT molecular complexity index is 364. The highest BCUT2D eigenvalue weighted by Crippen LogP contribution is 1.98. The predicted octanol–water partition coefficient (Wildman–Crippen LogP) is 0.252. The van der Waals surface area contributed by atoms with Gasteiger partial charge >= 0.3 is 5.97 Å². The third kappa shape index (κ3) is 4.10. The molecule has 1 atom stereocenters. The minimum Gasteiger partial charge on any atom is -0.481 e. The van der Waals surface area contributed by atoms with Crippen LogP contribution in [0.25, 0.3) is 0 Å².